The summed E-state index contributed by atoms with van der Waals surface area (Å²) < 4.78 is 37.4. The van der Waals surface area contributed by atoms with Crippen molar-refractivity contribution in [2.45, 2.75) is 51.2 Å². The van der Waals surface area contributed by atoms with Crippen LogP contribution in [0.4, 0.5) is 4.39 Å². The molecule has 0 amide bonds. The van der Waals surface area contributed by atoms with E-state index in [0.717, 1.165) is 12.0 Å². The van der Waals surface area contributed by atoms with Gasteiger partial charge in [-0.3, -0.25) is 0 Å². The molecule has 2 aromatic rings. The first-order valence-electron chi connectivity index (χ1n) is 8.91. The number of ether oxygens (including phenoxy) is 4. The predicted octanol–water partition coefficient (Wildman–Crippen LogP) is 4.08. The summed E-state index contributed by atoms with van der Waals surface area (Å²) in [6.07, 6.45) is -0.612. The molecular formula is C21H25FO4. The fraction of sp³-hybridized carbons (Fsp3) is 0.429. The van der Waals surface area contributed by atoms with Crippen molar-refractivity contribution in [3.05, 3.63) is 71.5 Å². The topological polar surface area (TPSA) is 36.9 Å². The van der Waals surface area contributed by atoms with Crippen LogP contribution >= 0.6 is 0 Å². The molecule has 0 saturated carbocycles. The van der Waals surface area contributed by atoms with Crippen LogP contribution in [-0.2, 0) is 32.2 Å². The van der Waals surface area contributed by atoms with Crippen molar-refractivity contribution >= 4 is 0 Å². The molecule has 0 bridgehead atoms. The van der Waals surface area contributed by atoms with Gasteiger partial charge in [-0.25, -0.2) is 4.39 Å². The quantitative estimate of drug-likeness (QED) is 0.711. The third-order valence-corrected chi connectivity index (χ3v) is 4.58. The van der Waals surface area contributed by atoms with E-state index in [-0.39, 0.29) is 30.7 Å². The Bertz CT molecular complexity index is 679. The van der Waals surface area contributed by atoms with Crippen LogP contribution in [0.5, 0.6) is 0 Å². The second kappa shape index (κ2) is 9.24. The Kier molecular flexibility index (Phi) is 6.74. The third kappa shape index (κ3) is 4.48. The lowest BCUT2D eigenvalue weighted by molar-refractivity contribution is -0.166. The summed E-state index contributed by atoms with van der Waals surface area (Å²) in [6.45, 7) is 2.62. The van der Waals surface area contributed by atoms with Gasteiger partial charge in [0, 0.05) is 12.7 Å². The summed E-state index contributed by atoms with van der Waals surface area (Å²) >= 11 is 0. The molecule has 5 heteroatoms. The highest BCUT2D eigenvalue weighted by Crippen LogP contribution is 2.30. The van der Waals surface area contributed by atoms with Gasteiger partial charge in [0.15, 0.2) is 6.29 Å². The van der Waals surface area contributed by atoms with Crippen LogP contribution in [0.15, 0.2) is 54.6 Å². The summed E-state index contributed by atoms with van der Waals surface area (Å²) in [4.78, 5) is 0. The number of benzene rings is 2. The van der Waals surface area contributed by atoms with E-state index >= 15 is 0 Å². The van der Waals surface area contributed by atoms with Crippen molar-refractivity contribution in [2.75, 3.05) is 7.11 Å². The van der Waals surface area contributed by atoms with Gasteiger partial charge in [-0.05, 0) is 18.1 Å². The summed E-state index contributed by atoms with van der Waals surface area (Å²) in [7, 11) is 1.59. The van der Waals surface area contributed by atoms with E-state index in [1.165, 1.54) is 6.07 Å². The van der Waals surface area contributed by atoms with Gasteiger partial charge in [-0.15, -0.1) is 0 Å². The minimum atomic E-state index is -0.505. The molecule has 4 nitrogen and oxygen atoms in total. The maximum absolute atomic E-state index is 13.9. The molecule has 0 radical (unpaired) electrons. The van der Waals surface area contributed by atoms with Gasteiger partial charge < -0.3 is 18.9 Å². The highest BCUT2D eigenvalue weighted by molar-refractivity contribution is 5.16. The number of hydrogen-bond donors (Lipinski definition) is 0. The highest BCUT2D eigenvalue weighted by Gasteiger charge is 2.45. The SMILES string of the molecule is CC[C@H]1O[C@H](OC)[C@H](OCc2ccccc2)[C@H]1OCc1ccccc1F. The molecule has 0 unspecified atom stereocenters. The molecule has 4 atom stereocenters. The van der Waals surface area contributed by atoms with Gasteiger partial charge in [0.2, 0.25) is 0 Å². The van der Waals surface area contributed by atoms with Crippen molar-refractivity contribution in [3.8, 4) is 0 Å². The van der Waals surface area contributed by atoms with E-state index in [1.54, 1.807) is 25.3 Å². The monoisotopic (exact) mass is 360 g/mol. The zero-order valence-electron chi connectivity index (χ0n) is 15.1. The van der Waals surface area contributed by atoms with Gasteiger partial charge in [-0.2, -0.15) is 0 Å². The molecular weight excluding hydrogens is 335 g/mol. The first-order valence-corrected chi connectivity index (χ1v) is 8.91. The Balaban J connectivity index is 1.69. The van der Waals surface area contributed by atoms with E-state index in [9.17, 15) is 4.39 Å². The van der Waals surface area contributed by atoms with Crippen LogP contribution in [0.2, 0.25) is 0 Å². The minimum Gasteiger partial charge on any atom is -0.368 e. The first-order chi connectivity index (χ1) is 12.7. The Morgan fingerprint density at radius 2 is 1.62 bits per heavy atom. The van der Waals surface area contributed by atoms with Gasteiger partial charge in [0.1, 0.15) is 18.0 Å². The lowest BCUT2D eigenvalue weighted by Crippen LogP contribution is -2.38. The lowest BCUT2D eigenvalue weighted by Gasteiger charge is -2.24. The molecule has 1 fully saturated rings. The van der Waals surface area contributed by atoms with E-state index in [0.29, 0.717) is 12.2 Å². The van der Waals surface area contributed by atoms with Crippen LogP contribution < -0.4 is 0 Å². The molecule has 3 rings (SSSR count). The summed E-state index contributed by atoms with van der Waals surface area (Å²) in [6, 6.07) is 16.5. The maximum Gasteiger partial charge on any atom is 0.186 e. The molecule has 0 N–H and O–H groups in total. The van der Waals surface area contributed by atoms with Crippen molar-refractivity contribution < 1.29 is 23.3 Å². The van der Waals surface area contributed by atoms with Crippen LogP contribution in [-0.4, -0.2) is 31.7 Å². The average Bonchev–Trinajstić information content (AvgIpc) is 3.03. The maximum atomic E-state index is 13.9. The fourth-order valence-corrected chi connectivity index (χ4v) is 3.16. The van der Waals surface area contributed by atoms with Crippen LogP contribution in [0, 0.1) is 5.82 Å². The lowest BCUT2D eigenvalue weighted by atomic mass is 10.1. The smallest absolute Gasteiger partial charge is 0.186 e. The molecule has 0 spiro atoms. The normalized spacial score (nSPS) is 25.5. The van der Waals surface area contributed by atoms with E-state index in [1.807, 2.05) is 37.3 Å². The third-order valence-electron chi connectivity index (χ3n) is 4.58. The second-order valence-electron chi connectivity index (χ2n) is 6.32. The Labute approximate surface area is 153 Å². The Hall–Kier alpha value is -1.79. The largest absolute Gasteiger partial charge is 0.368 e. The zero-order chi connectivity index (χ0) is 18.4. The molecule has 0 aromatic heterocycles. The molecule has 1 saturated heterocycles. The van der Waals surface area contributed by atoms with Crippen molar-refractivity contribution in [2.24, 2.45) is 0 Å². The number of methoxy groups -OCH3 is 1. The Morgan fingerprint density at radius 1 is 0.923 bits per heavy atom. The van der Waals surface area contributed by atoms with E-state index in [2.05, 4.69) is 0 Å². The van der Waals surface area contributed by atoms with Crippen molar-refractivity contribution in [3.63, 3.8) is 0 Å². The van der Waals surface area contributed by atoms with Crippen molar-refractivity contribution in [1.82, 2.24) is 0 Å². The predicted molar refractivity (Wildman–Crippen MR) is 96.0 cm³/mol. The van der Waals surface area contributed by atoms with E-state index in [4.69, 9.17) is 18.9 Å². The fourth-order valence-electron chi connectivity index (χ4n) is 3.16. The van der Waals surface area contributed by atoms with Gasteiger partial charge in [-0.1, -0.05) is 55.5 Å². The molecule has 1 heterocycles. The summed E-state index contributed by atoms with van der Waals surface area (Å²) in [5.74, 6) is -0.274. The van der Waals surface area contributed by atoms with Crippen LogP contribution in [0.1, 0.15) is 24.5 Å². The molecule has 140 valence electrons. The summed E-state index contributed by atoms with van der Waals surface area (Å²) in [5.41, 5.74) is 1.58. The second-order valence-corrected chi connectivity index (χ2v) is 6.32. The standard InChI is InChI=1S/C21H25FO4/c1-3-18-19(25-14-16-11-7-8-12-17(16)22)20(21(23-2)26-18)24-13-15-9-5-4-6-10-15/h4-12,18-21H,3,13-14H2,1-2H3/t18-,19+,20-,21+/m1/s1. The van der Waals surface area contributed by atoms with Crippen molar-refractivity contribution in [1.29, 1.82) is 0 Å². The number of halogens is 1. The highest BCUT2D eigenvalue weighted by atomic mass is 19.1. The summed E-state index contributed by atoms with van der Waals surface area (Å²) in [5, 5.41) is 0. The minimum absolute atomic E-state index is 0.160. The number of hydrogen-bond acceptors (Lipinski definition) is 4. The average molecular weight is 360 g/mol. The van der Waals surface area contributed by atoms with Gasteiger partial charge in [0.05, 0.1) is 19.3 Å². The Morgan fingerprint density at radius 3 is 2.31 bits per heavy atom. The molecule has 1 aliphatic heterocycles. The molecule has 0 aliphatic carbocycles. The molecule has 26 heavy (non-hydrogen) atoms. The van der Waals surface area contributed by atoms with Gasteiger partial charge >= 0.3 is 0 Å². The van der Waals surface area contributed by atoms with Gasteiger partial charge in [0.25, 0.3) is 0 Å². The van der Waals surface area contributed by atoms with Crippen LogP contribution in [0.25, 0.3) is 0 Å². The zero-order valence-corrected chi connectivity index (χ0v) is 15.1. The van der Waals surface area contributed by atoms with E-state index < -0.39 is 6.29 Å². The number of rotatable bonds is 8. The van der Waals surface area contributed by atoms with Crippen LogP contribution in [0.3, 0.4) is 0 Å². The first kappa shape index (κ1) is 19.0. The molecule has 2 aromatic carbocycles. The molecule has 1 aliphatic rings.